The molecule has 8 nitrogen and oxygen atoms in total. The first-order valence-corrected chi connectivity index (χ1v) is 9.72. The van der Waals surface area contributed by atoms with Gasteiger partial charge in [-0.25, -0.2) is 13.8 Å². The Morgan fingerprint density at radius 3 is 2.65 bits per heavy atom. The fourth-order valence-corrected chi connectivity index (χ4v) is 3.58. The highest BCUT2D eigenvalue weighted by Gasteiger charge is 2.27. The van der Waals surface area contributed by atoms with Gasteiger partial charge < -0.3 is 9.47 Å². The minimum Gasteiger partial charge on any atom is -0.448 e. The van der Waals surface area contributed by atoms with Crippen molar-refractivity contribution in [2.24, 2.45) is 7.05 Å². The number of hydrogen-bond donors (Lipinski definition) is 0. The van der Waals surface area contributed by atoms with Gasteiger partial charge in [0.2, 0.25) is 11.9 Å². The van der Waals surface area contributed by atoms with E-state index < -0.39 is 17.2 Å². The van der Waals surface area contributed by atoms with Crippen molar-refractivity contribution in [3.8, 4) is 11.5 Å². The zero-order valence-corrected chi connectivity index (χ0v) is 17.0. The minimum absolute atomic E-state index is 0.0928. The van der Waals surface area contributed by atoms with Gasteiger partial charge in [0.05, 0.1) is 0 Å². The summed E-state index contributed by atoms with van der Waals surface area (Å²) in [6.45, 7) is 2.53. The maximum absolute atomic E-state index is 13.9. The number of carbonyl (C=O) groups excluding carboxylic acids is 1. The molecule has 3 heterocycles. The summed E-state index contributed by atoms with van der Waals surface area (Å²) in [5, 5.41) is 0.457. The third kappa shape index (κ3) is 4.11. The zero-order valence-electron chi connectivity index (χ0n) is 17.0. The van der Waals surface area contributed by atoms with Crippen LogP contribution >= 0.6 is 0 Å². The van der Waals surface area contributed by atoms with Gasteiger partial charge in [-0.05, 0) is 31.0 Å². The van der Waals surface area contributed by atoms with E-state index >= 15 is 0 Å². The molecule has 10 heteroatoms. The second-order valence-electron chi connectivity index (χ2n) is 7.23. The first kappa shape index (κ1) is 20.9. The summed E-state index contributed by atoms with van der Waals surface area (Å²) >= 11 is 0. The molecule has 0 aliphatic carbocycles. The summed E-state index contributed by atoms with van der Waals surface area (Å²) in [7, 11) is 1.49. The van der Waals surface area contributed by atoms with Crippen LogP contribution in [0.1, 0.15) is 19.8 Å². The molecule has 1 aliphatic rings. The van der Waals surface area contributed by atoms with Crippen molar-refractivity contribution >= 4 is 22.9 Å². The number of halogens is 2. The zero-order chi connectivity index (χ0) is 22.1. The second-order valence-corrected chi connectivity index (χ2v) is 7.23. The molecule has 1 aliphatic heterocycles. The molecule has 0 N–H and O–H groups in total. The fourth-order valence-electron chi connectivity index (χ4n) is 3.58. The smallest absolute Gasteiger partial charge is 0.294 e. The Bertz CT molecular complexity index is 1210. The molecule has 1 fully saturated rings. The lowest BCUT2D eigenvalue weighted by Gasteiger charge is -2.32. The van der Waals surface area contributed by atoms with Gasteiger partial charge in [-0.15, -0.1) is 0 Å². The van der Waals surface area contributed by atoms with Crippen LogP contribution in [-0.2, 0) is 16.6 Å². The monoisotopic (exact) mass is 430 g/mol. The lowest BCUT2D eigenvalue weighted by Crippen LogP contribution is -2.43. The molecule has 1 aromatic carbocycles. The number of rotatable bonds is 4. The van der Waals surface area contributed by atoms with Gasteiger partial charge in [0, 0.05) is 50.9 Å². The highest BCUT2D eigenvalue weighted by molar-refractivity contribution is 5.91. The molecule has 4 rings (SSSR count). The van der Waals surface area contributed by atoms with E-state index in [0.717, 1.165) is 12.1 Å². The molecule has 1 saturated heterocycles. The van der Waals surface area contributed by atoms with E-state index in [9.17, 15) is 18.4 Å². The number of benzene rings is 1. The molecule has 2 aromatic heterocycles. The van der Waals surface area contributed by atoms with Crippen LogP contribution in [0.2, 0.25) is 0 Å². The third-order valence-corrected chi connectivity index (χ3v) is 5.13. The Labute approximate surface area is 176 Å². The van der Waals surface area contributed by atoms with E-state index in [1.165, 1.54) is 35.7 Å². The molecule has 1 amide bonds. The normalized spacial score (nSPS) is 14.6. The third-order valence-electron chi connectivity index (χ3n) is 5.13. The molecule has 3 aromatic rings. The number of nitrogens with zero attached hydrogens (tertiary/aromatic N) is 4. The average molecular weight is 430 g/mol. The highest BCUT2D eigenvalue weighted by atomic mass is 19.1. The van der Waals surface area contributed by atoms with E-state index in [4.69, 9.17) is 9.47 Å². The molecular formula is C21H20F2N4O4. The number of amides is 1. The van der Waals surface area contributed by atoms with Crippen molar-refractivity contribution in [3.63, 3.8) is 0 Å². The quantitative estimate of drug-likeness (QED) is 0.633. The number of fused-ring (bicyclic) bond motifs is 1. The first-order valence-electron chi connectivity index (χ1n) is 9.72. The molecule has 0 unspecified atom stereocenters. The largest absolute Gasteiger partial charge is 0.448 e. The molecule has 0 saturated carbocycles. The van der Waals surface area contributed by atoms with Crippen molar-refractivity contribution in [3.05, 3.63) is 52.5 Å². The number of pyridine rings is 1. The average Bonchev–Trinajstić information content (AvgIpc) is 2.74. The highest BCUT2D eigenvalue weighted by Crippen LogP contribution is 2.26. The van der Waals surface area contributed by atoms with E-state index in [1.807, 2.05) is 0 Å². The van der Waals surface area contributed by atoms with Crippen LogP contribution in [0.5, 0.6) is 11.5 Å². The topological polar surface area (TPSA) is 86.6 Å². The standard InChI is InChI=1S/C21H20F2N4O4/c1-12(28)27(15-5-7-30-8-6-15)21-24-11-13-9-18(20(29)26(2)19(13)25-21)31-17-4-3-14(22)10-16(17)23/h3-4,9-11,15H,5-8H2,1-2H3. The van der Waals surface area contributed by atoms with Crippen molar-refractivity contribution in [1.82, 2.24) is 14.5 Å². The van der Waals surface area contributed by atoms with Crippen LogP contribution in [-0.4, -0.2) is 39.7 Å². The SMILES string of the molecule is CC(=O)N(c1ncc2cc(Oc3ccc(F)cc3F)c(=O)n(C)c2n1)C1CCOCC1. The van der Waals surface area contributed by atoms with Crippen LogP contribution < -0.4 is 15.2 Å². The fraction of sp³-hybridized carbons (Fsp3) is 0.333. The van der Waals surface area contributed by atoms with Crippen LogP contribution in [0.25, 0.3) is 11.0 Å². The van der Waals surface area contributed by atoms with Crippen LogP contribution in [0.3, 0.4) is 0 Å². The van der Waals surface area contributed by atoms with E-state index in [0.29, 0.717) is 43.2 Å². The maximum atomic E-state index is 13.9. The summed E-state index contributed by atoms with van der Waals surface area (Å²) in [5.41, 5.74) is -0.276. The molecule has 0 radical (unpaired) electrons. The molecule has 0 spiro atoms. The number of carbonyl (C=O) groups is 1. The van der Waals surface area contributed by atoms with Gasteiger partial charge >= 0.3 is 0 Å². The number of anilines is 1. The van der Waals surface area contributed by atoms with Crippen molar-refractivity contribution in [1.29, 1.82) is 0 Å². The molecular weight excluding hydrogens is 410 g/mol. The number of aromatic nitrogens is 3. The molecule has 162 valence electrons. The van der Waals surface area contributed by atoms with Crippen molar-refractivity contribution in [2.75, 3.05) is 18.1 Å². The van der Waals surface area contributed by atoms with Gasteiger partial charge in [-0.3, -0.25) is 19.1 Å². The van der Waals surface area contributed by atoms with Gasteiger partial charge in [0.1, 0.15) is 11.5 Å². The van der Waals surface area contributed by atoms with Crippen molar-refractivity contribution in [2.45, 2.75) is 25.8 Å². The number of hydrogen-bond acceptors (Lipinski definition) is 6. The Morgan fingerprint density at radius 1 is 1.23 bits per heavy atom. The Kier molecular flexibility index (Phi) is 5.64. The summed E-state index contributed by atoms with van der Waals surface area (Å²) < 4.78 is 39.0. The van der Waals surface area contributed by atoms with Gasteiger partial charge in [-0.2, -0.15) is 4.98 Å². The van der Waals surface area contributed by atoms with Gasteiger partial charge in [-0.1, -0.05) is 0 Å². The predicted molar refractivity (Wildman–Crippen MR) is 108 cm³/mol. The van der Waals surface area contributed by atoms with E-state index in [-0.39, 0.29) is 29.4 Å². The summed E-state index contributed by atoms with van der Waals surface area (Å²) in [4.78, 5) is 35.3. The second kappa shape index (κ2) is 8.38. The van der Waals surface area contributed by atoms with Crippen LogP contribution in [0, 0.1) is 11.6 Å². The summed E-state index contributed by atoms with van der Waals surface area (Å²) in [6.07, 6.45) is 2.80. The summed E-state index contributed by atoms with van der Waals surface area (Å²) in [5.74, 6) is -2.13. The van der Waals surface area contributed by atoms with E-state index in [1.54, 1.807) is 0 Å². The molecule has 31 heavy (non-hydrogen) atoms. The van der Waals surface area contributed by atoms with Gasteiger partial charge in [0.25, 0.3) is 5.56 Å². The minimum atomic E-state index is -0.928. The predicted octanol–water partition coefficient (Wildman–Crippen LogP) is 2.93. The lowest BCUT2D eigenvalue weighted by molar-refractivity contribution is -0.117. The first-order chi connectivity index (χ1) is 14.8. The Morgan fingerprint density at radius 2 is 1.97 bits per heavy atom. The van der Waals surface area contributed by atoms with Gasteiger partial charge in [0.15, 0.2) is 17.3 Å². The van der Waals surface area contributed by atoms with Crippen LogP contribution in [0.4, 0.5) is 14.7 Å². The van der Waals surface area contributed by atoms with Crippen molar-refractivity contribution < 1.29 is 23.0 Å². The Balaban J connectivity index is 1.73. The lowest BCUT2D eigenvalue weighted by atomic mass is 10.1. The Hall–Kier alpha value is -3.40. The number of ether oxygens (including phenoxy) is 2. The molecule has 0 bridgehead atoms. The number of aryl methyl sites for hydroxylation is 1. The summed E-state index contributed by atoms with van der Waals surface area (Å²) in [6, 6.07) is 4.10. The van der Waals surface area contributed by atoms with Crippen LogP contribution in [0.15, 0.2) is 35.3 Å². The maximum Gasteiger partial charge on any atom is 0.294 e. The molecule has 0 atom stereocenters. The van der Waals surface area contributed by atoms with E-state index in [2.05, 4.69) is 9.97 Å².